The minimum Gasteiger partial charge on any atom is -0.393 e. The van der Waals surface area contributed by atoms with Crippen molar-refractivity contribution in [2.45, 2.75) is 39.2 Å². The minimum absolute atomic E-state index is 0.250. The Morgan fingerprint density at radius 3 is 2.79 bits per heavy atom. The summed E-state index contributed by atoms with van der Waals surface area (Å²) in [6, 6.07) is 5.81. The average Bonchev–Trinajstić information content (AvgIpc) is 2.19. The summed E-state index contributed by atoms with van der Waals surface area (Å²) in [6.07, 6.45) is 4.18. The molecular weight excluding hydrogens is 174 g/mol. The number of aromatic nitrogens is 1. The van der Waals surface area contributed by atoms with E-state index in [1.807, 2.05) is 18.2 Å². The zero-order valence-electron chi connectivity index (χ0n) is 8.98. The predicted octanol–water partition coefficient (Wildman–Crippen LogP) is 2.42. The first-order valence-corrected chi connectivity index (χ1v) is 5.30. The van der Waals surface area contributed by atoms with E-state index < -0.39 is 0 Å². The molecule has 2 unspecified atom stereocenters. The lowest BCUT2D eigenvalue weighted by molar-refractivity contribution is 0.143. The maximum absolute atomic E-state index is 9.76. The summed E-state index contributed by atoms with van der Waals surface area (Å²) in [6.45, 7) is 4.32. The van der Waals surface area contributed by atoms with E-state index >= 15 is 0 Å². The predicted molar refractivity (Wildman–Crippen MR) is 58.0 cm³/mol. The van der Waals surface area contributed by atoms with Crippen LogP contribution in [0.1, 0.15) is 32.4 Å². The van der Waals surface area contributed by atoms with Crippen molar-refractivity contribution in [1.82, 2.24) is 4.98 Å². The van der Waals surface area contributed by atoms with E-state index in [1.165, 1.54) is 0 Å². The third kappa shape index (κ3) is 3.88. The number of rotatable bonds is 5. The van der Waals surface area contributed by atoms with Gasteiger partial charge in [-0.05, 0) is 24.5 Å². The normalized spacial score (nSPS) is 15.1. The summed E-state index contributed by atoms with van der Waals surface area (Å²) in [5.74, 6) is 0.591. The Morgan fingerprint density at radius 1 is 1.43 bits per heavy atom. The van der Waals surface area contributed by atoms with Crippen molar-refractivity contribution >= 4 is 0 Å². The van der Waals surface area contributed by atoms with Crippen molar-refractivity contribution in [2.24, 2.45) is 5.92 Å². The minimum atomic E-state index is -0.250. The van der Waals surface area contributed by atoms with Crippen molar-refractivity contribution in [1.29, 1.82) is 0 Å². The Hall–Kier alpha value is -0.890. The zero-order valence-corrected chi connectivity index (χ0v) is 8.98. The van der Waals surface area contributed by atoms with Crippen LogP contribution in [0.4, 0.5) is 0 Å². The van der Waals surface area contributed by atoms with Crippen LogP contribution in [-0.4, -0.2) is 16.2 Å². The highest BCUT2D eigenvalue weighted by Gasteiger charge is 2.09. The number of hydrogen-bond acceptors (Lipinski definition) is 2. The molecule has 14 heavy (non-hydrogen) atoms. The van der Waals surface area contributed by atoms with Crippen LogP contribution in [0.2, 0.25) is 0 Å². The fourth-order valence-electron chi connectivity index (χ4n) is 1.47. The maximum atomic E-state index is 9.76. The van der Waals surface area contributed by atoms with E-state index in [9.17, 15) is 5.11 Å². The lowest BCUT2D eigenvalue weighted by atomic mass is 9.98. The summed E-state index contributed by atoms with van der Waals surface area (Å²) >= 11 is 0. The molecule has 2 heteroatoms. The van der Waals surface area contributed by atoms with E-state index in [2.05, 4.69) is 18.8 Å². The number of nitrogens with zero attached hydrogens (tertiary/aromatic N) is 1. The second kappa shape index (κ2) is 5.76. The largest absolute Gasteiger partial charge is 0.393 e. The van der Waals surface area contributed by atoms with E-state index in [4.69, 9.17) is 0 Å². The summed E-state index contributed by atoms with van der Waals surface area (Å²) in [5, 5.41) is 9.76. The molecule has 1 heterocycles. The van der Waals surface area contributed by atoms with Crippen LogP contribution in [0, 0.1) is 5.92 Å². The molecule has 0 amide bonds. The molecule has 0 aliphatic rings. The molecule has 0 aliphatic heterocycles. The average molecular weight is 193 g/mol. The Kier molecular flexibility index (Phi) is 4.60. The Bertz CT molecular complexity index is 248. The Morgan fingerprint density at radius 2 is 2.21 bits per heavy atom. The van der Waals surface area contributed by atoms with Gasteiger partial charge in [0.1, 0.15) is 0 Å². The molecule has 2 nitrogen and oxygen atoms in total. The van der Waals surface area contributed by atoms with E-state index in [0.717, 1.165) is 18.5 Å². The van der Waals surface area contributed by atoms with Gasteiger partial charge in [-0.2, -0.15) is 0 Å². The quantitative estimate of drug-likeness (QED) is 0.779. The second-order valence-corrected chi connectivity index (χ2v) is 3.93. The molecule has 0 saturated carbocycles. The van der Waals surface area contributed by atoms with Crippen molar-refractivity contribution < 1.29 is 5.11 Å². The molecule has 0 bridgehead atoms. The van der Waals surface area contributed by atoms with Gasteiger partial charge in [-0.25, -0.2) is 0 Å². The molecule has 0 spiro atoms. The first-order chi connectivity index (χ1) is 6.72. The van der Waals surface area contributed by atoms with Crippen LogP contribution in [0.15, 0.2) is 24.4 Å². The van der Waals surface area contributed by atoms with Crippen LogP contribution in [0.25, 0.3) is 0 Å². The monoisotopic (exact) mass is 193 g/mol. The number of aliphatic hydroxyl groups excluding tert-OH is 1. The molecule has 2 atom stereocenters. The van der Waals surface area contributed by atoms with Crippen molar-refractivity contribution in [3.63, 3.8) is 0 Å². The molecular formula is C12H19NO. The van der Waals surface area contributed by atoms with E-state index in [1.54, 1.807) is 6.20 Å². The van der Waals surface area contributed by atoms with E-state index in [0.29, 0.717) is 12.3 Å². The van der Waals surface area contributed by atoms with Crippen molar-refractivity contribution in [3.8, 4) is 0 Å². The third-order valence-electron chi connectivity index (χ3n) is 2.54. The lowest BCUT2D eigenvalue weighted by Gasteiger charge is -2.14. The molecule has 0 saturated heterocycles. The highest BCUT2D eigenvalue weighted by molar-refractivity contribution is 5.04. The molecule has 1 aromatic rings. The van der Waals surface area contributed by atoms with Gasteiger partial charge in [0, 0.05) is 18.3 Å². The van der Waals surface area contributed by atoms with Gasteiger partial charge in [-0.3, -0.25) is 4.98 Å². The lowest BCUT2D eigenvalue weighted by Crippen LogP contribution is -2.15. The van der Waals surface area contributed by atoms with E-state index in [-0.39, 0.29) is 6.10 Å². The highest BCUT2D eigenvalue weighted by atomic mass is 16.3. The molecule has 1 N–H and O–H groups in total. The zero-order chi connectivity index (χ0) is 10.4. The van der Waals surface area contributed by atoms with Gasteiger partial charge in [0.25, 0.3) is 0 Å². The molecule has 0 fully saturated rings. The Balaban J connectivity index is 2.37. The molecule has 0 radical (unpaired) electrons. The summed E-state index contributed by atoms with van der Waals surface area (Å²) in [4.78, 5) is 4.19. The summed E-state index contributed by atoms with van der Waals surface area (Å²) in [7, 11) is 0. The summed E-state index contributed by atoms with van der Waals surface area (Å²) < 4.78 is 0. The van der Waals surface area contributed by atoms with Crippen molar-refractivity contribution in [3.05, 3.63) is 30.1 Å². The second-order valence-electron chi connectivity index (χ2n) is 3.93. The SMILES string of the molecule is CCC(C)CC(O)Cc1ccccn1. The van der Waals surface area contributed by atoms with Gasteiger partial charge in [0.15, 0.2) is 0 Å². The van der Waals surface area contributed by atoms with Gasteiger partial charge in [0.2, 0.25) is 0 Å². The maximum Gasteiger partial charge on any atom is 0.0598 e. The third-order valence-corrected chi connectivity index (χ3v) is 2.54. The van der Waals surface area contributed by atoms with Gasteiger partial charge >= 0.3 is 0 Å². The topological polar surface area (TPSA) is 33.1 Å². The fraction of sp³-hybridized carbons (Fsp3) is 0.583. The molecule has 1 aromatic heterocycles. The van der Waals surface area contributed by atoms with Gasteiger partial charge in [-0.15, -0.1) is 0 Å². The van der Waals surface area contributed by atoms with Gasteiger partial charge < -0.3 is 5.11 Å². The van der Waals surface area contributed by atoms with Crippen LogP contribution < -0.4 is 0 Å². The van der Waals surface area contributed by atoms with Gasteiger partial charge in [0.05, 0.1) is 6.10 Å². The highest BCUT2D eigenvalue weighted by Crippen LogP contribution is 2.12. The van der Waals surface area contributed by atoms with Crippen LogP contribution in [0.3, 0.4) is 0 Å². The smallest absolute Gasteiger partial charge is 0.0598 e. The van der Waals surface area contributed by atoms with Crippen LogP contribution >= 0.6 is 0 Å². The Labute approximate surface area is 86.0 Å². The standard InChI is InChI=1S/C12H19NO/c1-3-10(2)8-12(14)9-11-6-4-5-7-13-11/h4-7,10,12,14H,3,8-9H2,1-2H3. The van der Waals surface area contributed by atoms with Gasteiger partial charge in [-0.1, -0.05) is 26.3 Å². The van der Waals surface area contributed by atoms with Crippen molar-refractivity contribution in [2.75, 3.05) is 0 Å². The molecule has 0 aliphatic carbocycles. The van der Waals surface area contributed by atoms with Crippen LogP contribution in [-0.2, 0) is 6.42 Å². The molecule has 78 valence electrons. The fourth-order valence-corrected chi connectivity index (χ4v) is 1.47. The molecule has 0 aromatic carbocycles. The number of hydrogen-bond donors (Lipinski definition) is 1. The number of pyridine rings is 1. The molecule has 1 rings (SSSR count). The first kappa shape index (κ1) is 11.2. The number of aliphatic hydroxyl groups is 1. The first-order valence-electron chi connectivity index (χ1n) is 5.30. The van der Waals surface area contributed by atoms with Crippen LogP contribution in [0.5, 0.6) is 0 Å². The summed E-state index contributed by atoms with van der Waals surface area (Å²) in [5.41, 5.74) is 0.975.